The van der Waals surface area contributed by atoms with Crippen LogP contribution >= 0.6 is 34.9 Å². The van der Waals surface area contributed by atoms with E-state index >= 15 is 0 Å². The van der Waals surface area contributed by atoms with E-state index in [0.717, 1.165) is 8.68 Å². The van der Waals surface area contributed by atoms with E-state index in [1.54, 1.807) is 41.8 Å². The van der Waals surface area contributed by atoms with Gasteiger partial charge < -0.3 is 10.5 Å². The molecule has 0 aliphatic rings. The SMILES string of the molecule is COC(=O)C(C)(N)CCSc1nnc(SC)s1. The van der Waals surface area contributed by atoms with Gasteiger partial charge in [0.05, 0.1) is 7.11 Å². The Morgan fingerprint density at radius 2 is 2.18 bits per heavy atom. The van der Waals surface area contributed by atoms with Gasteiger partial charge in [-0.05, 0) is 19.6 Å². The first-order valence-corrected chi connectivity index (χ1v) is 7.90. The Kier molecular flexibility index (Phi) is 5.71. The highest BCUT2D eigenvalue weighted by molar-refractivity contribution is 8.02. The second-order valence-corrected chi connectivity index (χ2v) is 6.92. The lowest BCUT2D eigenvalue weighted by molar-refractivity contribution is -0.146. The largest absolute Gasteiger partial charge is 0.468 e. The Bertz CT molecular complexity index is 381. The summed E-state index contributed by atoms with van der Waals surface area (Å²) in [6.07, 6.45) is 2.50. The molecule has 0 saturated heterocycles. The molecule has 1 unspecified atom stereocenters. The van der Waals surface area contributed by atoms with Crippen LogP contribution < -0.4 is 5.73 Å². The topological polar surface area (TPSA) is 78.1 Å². The average Bonchev–Trinajstić information content (AvgIpc) is 2.75. The van der Waals surface area contributed by atoms with Gasteiger partial charge in [-0.3, -0.25) is 4.79 Å². The van der Waals surface area contributed by atoms with Crippen LogP contribution in [0, 0.1) is 0 Å². The zero-order valence-electron chi connectivity index (χ0n) is 9.93. The van der Waals surface area contributed by atoms with Gasteiger partial charge in [0, 0.05) is 5.75 Å². The standard InChI is InChI=1S/C9H15N3O2S3/c1-9(10,6(13)14-2)4-5-16-8-12-11-7(15-3)17-8/h4-5,10H2,1-3H3. The van der Waals surface area contributed by atoms with E-state index in [9.17, 15) is 4.79 Å². The van der Waals surface area contributed by atoms with Gasteiger partial charge in [-0.2, -0.15) is 0 Å². The summed E-state index contributed by atoms with van der Waals surface area (Å²) in [4.78, 5) is 11.3. The number of aromatic nitrogens is 2. The summed E-state index contributed by atoms with van der Waals surface area (Å²) in [6, 6.07) is 0. The van der Waals surface area contributed by atoms with E-state index in [4.69, 9.17) is 5.73 Å². The van der Waals surface area contributed by atoms with E-state index < -0.39 is 5.54 Å². The molecular formula is C9H15N3O2S3. The minimum atomic E-state index is -0.936. The summed E-state index contributed by atoms with van der Waals surface area (Å²) in [5.74, 6) is 0.325. The number of carbonyl (C=O) groups excluding carboxylic acids is 1. The molecule has 17 heavy (non-hydrogen) atoms. The van der Waals surface area contributed by atoms with Crippen molar-refractivity contribution in [3.63, 3.8) is 0 Å². The fourth-order valence-electron chi connectivity index (χ4n) is 1.02. The molecule has 0 fully saturated rings. The van der Waals surface area contributed by atoms with Crippen molar-refractivity contribution in [3.8, 4) is 0 Å². The van der Waals surface area contributed by atoms with Crippen molar-refractivity contribution in [3.05, 3.63) is 0 Å². The summed E-state index contributed by atoms with van der Waals surface area (Å²) in [6.45, 7) is 1.67. The quantitative estimate of drug-likeness (QED) is 0.631. The van der Waals surface area contributed by atoms with Crippen LogP contribution in [0.3, 0.4) is 0 Å². The third-order valence-corrected chi connectivity index (χ3v) is 5.10. The zero-order valence-corrected chi connectivity index (χ0v) is 12.4. The van der Waals surface area contributed by atoms with Gasteiger partial charge in [0.1, 0.15) is 5.54 Å². The van der Waals surface area contributed by atoms with Crippen LogP contribution in [0.2, 0.25) is 0 Å². The van der Waals surface area contributed by atoms with Gasteiger partial charge in [0.2, 0.25) is 0 Å². The zero-order chi connectivity index (χ0) is 12.9. The van der Waals surface area contributed by atoms with Crippen LogP contribution in [-0.2, 0) is 9.53 Å². The maximum absolute atomic E-state index is 11.3. The Hall–Kier alpha value is -0.310. The first-order chi connectivity index (χ1) is 7.99. The Morgan fingerprint density at radius 3 is 2.71 bits per heavy atom. The second-order valence-electron chi connectivity index (χ2n) is 3.55. The highest BCUT2D eigenvalue weighted by atomic mass is 32.2. The van der Waals surface area contributed by atoms with Crippen LogP contribution in [0.1, 0.15) is 13.3 Å². The molecular weight excluding hydrogens is 278 g/mol. The molecule has 8 heteroatoms. The van der Waals surface area contributed by atoms with Crippen molar-refractivity contribution in [2.24, 2.45) is 5.73 Å². The molecule has 0 aliphatic heterocycles. The van der Waals surface area contributed by atoms with Gasteiger partial charge in [0.25, 0.3) is 0 Å². The van der Waals surface area contributed by atoms with Crippen LogP contribution in [0.4, 0.5) is 0 Å². The first kappa shape index (κ1) is 14.7. The van der Waals surface area contributed by atoms with Gasteiger partial charge >= 0.3 is 5.97 Å². The maximum atomic E-state index is 11.3. The Balaban J connectivity index is 2.39. The summed E-state index contributed by atoms with van der Waals surface area (Å²) in [7, 11) is 1.34. The summed E-state index contributed by atoms with van der Waals surface area (Å²) in [5, 5.41) is 8.01. The number of hydrogen-bond donors (Lipinski definition) is 1. The first-order valence-electron chi connectivity index (χ1n) is 4.87. The van der Waals surface area contributed by atoms with Crippen LogP contribution in [0.15, 0.2) is 8.68 Å². The van der Waals surface area contributed by atoms with Crippen molar-refractivity contribution >= 4 is 40.8 Å². The van der Waals surface area contributed by atoms with Crippen LogP contribution in [0.25, 0.3) is 0 Å². The molecule has 1 aromatic rings. The van der Waals surface area contributed by atoms with Crippen molar-refractivity contribution < 1.29 is 9.53 Å². The number of rotatable bonds is 6. The number of hydrogen-bond acceptors (Lipinski definition) is 8. The van der Waals surface area contributed by atoms with Gasteiger partial charge in [0.15, 0.2) is 8.68 Å². The van der Waals surface area contributed by atoms with E-state index in [1.165, 1.54) is 7.11 Å². The fraction of sp³-hybridized carbons (Fsp3) is 0.667. The maximum Gasteiger partial charge on any atom is 0.325 e. The monoisotopic (exact) mass is 293 g/mol. The molecule has 1 atom stereocenters. The fourth-order valence-corrected chi connectivity index (χ4v) is 3.71. The summed E-state index contributed by atoms with van der Waals surface area (Å²) in [5.41, 5.74) is 4.91. The molecule has 0 bridgehead atoms. The van der Waals surface area contributed by atoms with Crippen molar-refractivity contribution in [1.82, 2.24) is 10.2 Å². The lowest BCUT2D eigenvalue weighted by Crippen LogP contribution is -2.46. The number of methoxy groups -OCH3 is 1. The normalized spacial score (nSPS) is 14.4. The molecule has 1 heterocycles. The third kappa shape index (κ3) is 4.46. The predicted molar refractivity (Wildman–Crippen MR) is 71.6 cm³/mol. The molecule has 96 valence electrons. The van der Waals surface area contributed by atoms with Crippen molar-refractivity contribution in [1.29, 1.82) is 0 Å². The minimum absolute atomic E-state index is 0.389. The van der Waals surface area contributed by atoms with Crippen LogP contribution in [0.5, 0.6) is 0 Å². The Labute approximate surface area is 113 Å². The third-order valence-electron chi connectivity index (χ3n) is 2.06. The number of carbonyl (C=O) groups is 1. The van der Waals surface area contributed by atoms with E-state index in [-0.39, 0.29) is 5.97 Å². The molecule has 0 aromatic carbocycles. The molecule has 5 nitrogen and oxygen atoms in total. The molecule has 0 saturated carbocycles. The molecule has 2 N–H and O–H groups in total. The Morgan fingerprint density at radius 1 is 1.53 bits per heavy atom. The number of nitrogens with zero attached hydrogens (tertiary/aromatic N) is 2. The smallest absolute Gasteiger partial charge is 0.325 e. The predicted octanol–water partition coefficient (Wildman–Crippen LogP) is 1.63. The summed E-state index contributed by atoms with van der Waals surface area (Å²) >= 11 is 4.67. The van der Waals surface area contributed by atoms with Crippen molar-refractivity contribution in [2.45, 2.75) is 27.6 Å². The highest BCUT2D eigenvalue weighted by Crippen LogP contribution is 2.28. The number of thioether (sulfide) groups is 2. The van der Waals surface area contributed by atoms with E-state index in [0.29, 0.717) is 12.2 Å². The van der Waals surface area contributed by atoms with E-state index in [2.05, 4.69) is 14.9 Å². The summed E-state index contributed by atoms with van der Waals surface area (Å²) < 4.78 is 6.48. The van der Waals surface area contributed by atoms with Gasteiger partial charge in [-0.25, -0.2) is 0 Å². The van der Waals surface area contributed by atoms with Gasteiger partial charge in [-0.1, -0.05) is 34.9 Å². The molecule has 0 amide bonds. The lowest BCUT2D eigenvalue weighted by atomic mass is 10.0. The number of nitrogens with two attached hydrogens (primary N) is 1. The molecule has 1 rings (SSSR count). The van der Waals surface area contributed by atoms with Gasteiger partial charge in [-0.15, -0.1) is 10.2 Å². The average molecular weight is 293 g/mol. The van der Waals surface area contributed by atoms with Crippen LogP contribution in [-0.4, -0.2) is 40.8 Å². The lowest BCUT2D eigenvalue weighted by Gasteiger charge is -2.20. The number of esters is 1. The molecule has 0 radical (unpaired) electrons. The van der Waals surface area contributed by atoms with E-state index in [1.807, 2.05) is 6.26 Å². The molecule has 1 aromatic heterocycles. The highest BCUT2D eigenvalue weighted by Gasteiger charge is 2.28. The molecule has 0 spiro atoms. The minimum Gasteiger partial charge on any atom is -0.468 e. The second kappa shape index (κ2) is 6.58. The number of ether oxygens (including phenoxy) is 1. The molecule has 0 aliphatic carbocycles. The van der Waals surface area contributed by atoms with Crippen molar-refractivity contribution in [2.75, 3.05) is 19.1 Å².